The second-order valence-electron chi connectivity index (χ2n) is 15.8. The van der Waals surface area contributed by atoms with Crippen LogP contribution in [0.15, 0.2) is 127 Å². The van der Waals surface area contributed by atoms with Gasteiger partial charge in [-0.3, -0.25) is 10.1 Å². The molecule has 0 radical (unpaired) electrons. The molecule has 1 N–H and O–H groups in total. The highest BCUT2D eigenvalue weighted by molar-refractivity contribution is 5.47. The van der Waals surface area contributed by atoms with Crippen molar-refractivity contribution in [3.8, 4) is 107 Å². The summed E-state index contributed by atoms with van der Waals surface area (Å²) in [6.45, 7) is 24.2. The van der Waals surface area contributed by atoms with Gasteiger partial charge in [0.2, 0.25) is 0 Å². The number of nitrogens with zero attached hydrogens (tertiary/aromatic N) is 1. The fourth-order valence-corrected chi connectivity index (χ4v) is 9.76. The average molecular weight is 830 g/mol. The molecule has 4 aliphatic rings. The average Bonchev–Trinajstić information content (AvgIpc) is 3.62. The zero-order valence-electron chi connectivity index (χ0n) is 36.8. The molecule has 0 bridgehead atoms. The van der Waals surface area contributed by atoms with Gasteiger partial charge in [-0.05, 0) is 286 Å². The van der Waals surface area contributed by atoms with Crippen molar-refractivity contribution < 1.29 is 10.1 Å². The van der Waals surface area contributed by atoms with Gasteiger partial charge in [0, 0.05) is 18.8 Å². The van der Waals surface area contributed by atoms with Crippen LogP contribution in [-0.4, -0.2) is 17.4 Å². The van der Waals surface area contributed by atoms with E-state index >= 15 is 0 Å². The fraction of sp³-hybridized carbons (Fsp3) is 0.339. The van der Waals surface area contributed by atoms with Crippen LogP contribution in [0.25, 0.3) is 4.85 Å². The Morgan fingerprint density at radius 1 is 0.631 bits per heavy atom. The molecule has 4 aliphatic carbocycles. The second-order valence-corrected chi connectivity index (χ2v) is 15.8. The quantitative estimate of drug-likeness (QED) is 0.101. The van der Waals surface area contributed by atoms with Crippen LogP contribution in [0.2, 0.25) is 0 Å². The summed E-state index contributed by atoms with van der Waals surface area (Å²) >= 11 is 0. The second kappa shape index (κ2) is 25.7. The third-order valence-electron chi connectivity index (χ3n) is 12.4. The Bertz CT molecular complexity index is 3410. The lowest BCUT2D eigenvalue weighted by molar-refractivity contribution is -0.255. The highest BCUT2D eigenvalue weighted by atomic mass is 17.1. The van der Waals surface area contributed by atoms with Gasteiger partial charge in [0.25, 0.3) is 5.54 Å². The Kier molecular flexibility index (Phi) is 19.2. The minimum Gasteiger partial charge on any atom is -0.296 e. The first kappa shape index (κ1) is 48.6. The van der Waals surface area contributed by atoms with Crippen LogP contribution in [0.5, 0.6) is 0 Å². The van der Waals surface area contributed by atoms with E-state index in [1.165, 1.54) is 0 Å². The molecule has 0 aromatic carbocycles. The first-order chi connectivity index (χ1) is 31.7. The number of hydrogen-bond donors (Lipinski definition) is 1. The maximum atomic E-state index is 9.35. The summed E-state index contributed by atoms with van der Waals surface area (Å²) in [5.74, 6) is 48.8. The van der Waals surface area contributed by atoms with Gasteiger partial charge in [-0.15, -0.1) is 0 Å². The molecular weight excluding hydrogens is 791 g/mol. The Morgan fingerprint density at radius 3 is 1.60 bits per heavy atom. The smallest absolute Gasteiger partial charge is 0.293 e. The number of fused-ring (bicyclic) bond motifs is 5. The molecule has 9 atom stereocenters. The third kappa shape index (κ3) is 13.5. The minimum absolute atomic E-state index is 0.0158. The Balaban J connectivity index is 1.83. The summed E-state index contributed by atoms with van der Waals surface area (Å²) in [7, 11) is 0. The van der Waals surface area contributed by atoms with Gasteiger partial charge >= 0.3 is 0 Å². The standard InChI is InChI=1S/C62H39NO2/c1-8-11-14-17-19-21-23-25-26-27-28-29-31-33-35-37-40-45-62(6,63-7)57-50-54(42-39-36-34-32-30-24-22-20-18-15-12-9-2)59-58-53(41-38-16-13-10-3)49-55-48-52(51-65-64)43-46-60(55,4)56(58)44-47-61(57,59)5/h52,55-59,64H,2-3,43-44,46-51H2,1,4-6H3/t52-,55+,56-,57?,58+,59-,60-,61+,62?/m0/s1. The highest BCUT2D eigenvalue weighted by Gasteiger charge is 2.67. The monoisotopic (exact) mass is 829 g/mol. The van der Waals surface area contributed by atoms with Gasteiger partial charge in [0.05, 0.1) is 12.5 Å². The molecule has 0 amide bonds. The van der Waals surface area contributed by atoms with Gasteiger partial charge in [0.15, 0.2) is 0 Å². The maximum Gasteiger partial charge on any atom is 0.293 e. The van der Waals surface area contributed by atoms with Crippen molar-refractivity contribution in [1.29, 1.82) is 0 Å². The van der Waals surface area contributed by atoms with E-state index in [1.54, 1.807) is 6.92 Å². The van der Waals surface area contributed by atoms with Crippen LogP contribution < -0.4 is 0 Å². The largest absolute Gasteiger partial charge is 0.296 e. The van der Waals surface area contributed by atoms with Crippen molar-refractivity contribution in [2.24, 2.45) is 46.3 Å². The molecule has 304 valence electrons. The van der Waals surface area contributed by atoms with Crippen LogP contribution in [0.1, 0.15) is 72.6 Å². The van der Waals surface area contributed by atoms with Crippen molar-refractivity contribution in [2.45, 2.75) is 78.2 Å². The Labute approximate surface area is 385 Å². The zero-order valence-corrected chi connectivity index (χ0v) is 36.8. The van der Waals surface area contributed by atoms with E-state index in [9.17, 15) is 5.26 Å². The number of rotatable bonds is 3. The predicted molar refractivity (Wildman–Crippen MR) is 250 cm³/mol. The molecule has 3 nitrogen and oxygen atoms in total. The predicted octanol–water partition coefficient (Wildman–Crippen LogP) is 9.60. The Hall–Kier alpha value is -9.03. The lowest BCUT2D eigenvalue weighted by Crippen LogP contribution is -2.55. The first-order valence-electron chi connectivity index (χ1n) is 20.6. The molecule has 0 aromatic heterocycles. The van der Waals surface area contributed by atoms with E-state index in [-0.39, 0.29) is 34.5 Å². The lowest BCUT2D eigenvalue weighted by Gasteiger charge is -2.61. The summed E-state index contributed by atoms with van der Waals surface area (Å²) in [6, 6.07) is 0. The van der Waals surface area contributed by atoms with Gasteiger partial charge in [0.1, 0.15) is 0 Å². The third-order valence-corrected chi connectivity index (χ3v) is 12.4. The lowest BCUT2D eigenvalue weighted by atomic mass is 9.42. The number of allylic oxidation sites excluding steroid dienone is 2. The van der Waals surface area contributed by atoms with Crippen molar-refractivity contribution in [3.05, 3.63) is 139 Å². The summed E-state index contributed by atoms with van der Waals surface area (Å²) in [4.78, 5) is 8.85. The fourth-order valence-electron chi connectivity index (χ4n) is 9.76. The topological polar surface area (TPSA) is 33.8 Å². The van der Waals surface area contributed by atoms with Gasteiger partial charge < -0.3 is 0 Å². The van der Waals surface area contributed by atoms with Crippen LogP contribution in [0.3, 0.4) is 0 Å². The van der Waals surface area contributed by atoms with Crippen molar-refractivity contribution in [1.82, 2.24) is 0 Å². The molecule has 4 fully saturated rings. The van der Waals surface area contributed by atoms with Crippen LogP contribution >= 0.6 is 0 Å². The van der Waals surface area contributed by atoms with Gasteiger partial charge in [-0.25, -0.2) is 11.5 Å². The summed E-state index contributed by atoms with van der Waals surface area (Å²) in [5, 5.41) is 9.35. The molecular formula is C62H39NO2. The molecule has 4 rings (SSSR count). The van der Waals surface area contributed by atoms with E-state index < -0.39 is 5.54 Å². The van der Waals surface area contributed by atoms with E-state index in [1.807, 2.05) is 6.92 Å². The molecule has 0 heterocycles. The zero-order chi connectivity index (χ0) is 46.6. The summed E-state index contributed by atoms with van der Waals surface area (Å²) in [6.07, 6.45) is 6.18. The van der Waals surface area contributed by atoms with Crippen LogP contribution in [-0.2, 0) is 4.89 Å². The van der Waals surface area contributed by atoms with Crippen LogP contribution in [0, 0.1) is 159 Å². The van der Waals surface area contributed by atoms with E-state index in [0.29, 0.717) is 24.9 Å². The molecule has 0 saturated heterocycles. The summed E-state index contributed by atoms with van der Waals surface area (Å²) < 4.78 is 0. The van der Waals surface area contributed by atoms with Crippen molar-refractivity contribution >= 4 is 0 Å². The molecule has 4 saturated carbocycles. The van der Waals surface area contributed by atoms with Crippen LogP contribution in [0.4, 0.5) is 0 Å². The van der Waals surface area contributed by atoms with Gasteiger partial charge in [-0.1, -0.05) is 42.7 Å². The summed E-state index contributed by atoms with van der Waals surface area (Å²) in [5.41, 5.74) is 51.2. The molecule has 2 unspecified atom stereocenters. The van der Waals surface area contributed by atoms with Crippen molar-refractivity contribution in [3.63, 3.8) is 0 Å². The van der Waals surface area contributed by atoms with E-state index in [4.69, 9.17) is 6.57 Å². The molecule has 0 spiro atoms. The van der Waals surface area contributed by atoms with Crippen molar-refractivity contribution in [2.75, 3.05) is 6.61 Å². The first-order valence-corrected chi connectivity index (χ1v) is 20.6. The Morgan fingerprint density at radius 2 is 1.09 bits per heavy atom. The highest BCUT2D eigenvalue weighted by Crippen LogP contribution is 2.71. The van der Waals surface area contributed by atoms with Gasteiger partial charge in [-0.2, -0.15) is 0 Å². The van der Waals surface area contributed by atoms with E-state index in [0.717, 1.165) is 49.7 Å². The van der Waals surface area contributed by atoms with E-state index in [2.05, 4.69) is 246 Å². The minimum atomic E-state index is -1.09. The normalized spacial score (nSPS) is 24.0. The SMILES string of the molecule is [C-]#[N+]C(C)(C#CC#CC#CC#CC#CC#CC#CC#CC#CC)C1CC(=C=C=C=C=C=C=C=C=C=C=C=C=C=C)[C@H]2[C@@H]3C(=C=C=C=C=C=C)C[C@H]4C[C@@H](COO)CC[C@]4(C)[C@H]3CC[C@]12C. The molecule has 0 aromatic rings. The molecule has 65 heavy (non-hydrogen) atoms. The number of hydrogen-bond acceptors (Lipinski definition) is 2. The molecule has 0 aliphatic heterocycles. The maximum absolute atomic E-state index is 9.35. The molecule has 3 heteroatoms.